The van der Waals surface area contributed by atoms with Crippen LogP contribution in [0.2, 0.25) is 0 Å². The first-order chi connectivity index (χ1) is 12.2. The largest absolute Gasteiger partial charge is 0.334 e. The quantitative estimate of drug-likeness (QED) is 0.908. The molecule has 0 radical (unpaired) electrons. The lowest BCUT2D eigenvalue weighted by Gasteiger charge is -2.34. The van der Waals surface area contributed by atoms with Crippen molar-refractivity contribution in [2.45, 2.75) is 13.0 Å². The summed E-state index contributed by atoms with van der Waals surface area (Å²) < 4.78 is 13.6. The van der Waals surface area contributed by atoms with Crippen LogP contribution in [0.25, 0.3) is 0 Å². The van der Waals surface area contributed by atoms with Crippen LogP contribution in [0.1, 0.15) is 11.1 Å². The minimum absolute atomic E-state index is 0.119. The van der Waals surface area contributed by atoms with Crippen LogP contribution in [0.4, 0.5) is 9.18 Å². The van der Waals surface area contributed by atoms with E-state index in [0.29, 0.717) is 18.7 Å². The van der Waals surface area contributed by atoms with Crippen molar-refractivity contribution in [1.29, 1.82) is 0 Å². The highest BCUT2D eigenvalue weighted by Crippen LogP contribution is 2.08. The zero-order chi connectivity index (χ0) is 17.5. The predicted octanol–water partition coefficient (Wildman–Crippen LogP) is 2.90. The van der Waals surface area contributed by atoms with Crippen LogP contribution < -0.4 is 5.32 Å². The fourth-order valence-corrected chi connectivity index (χ4v) is 3.03. The molecule has 1 N–H and O–H groups in total. The van der Waals surface area contributed by atoms with Crippen molar-refractivity contribution < 1.29 is 9.18 Å². The van der Waals surface area contributed by atoms with Gasteiger partial charge in [0.25, 0.3) is 0 Å². The average Bonchev–Trinajstić information content (AvgIpc) is 2.67. The summed E-state index contributed by atoms with van der Waals surface area (Å²) in [6, 6.07) is 16.8. The summed E-state index contributed by atoms with van der Waals surface area (Å²) in [5.41, 5.74) is 1.85. The SMILES string of the molecule is O=C(NCc1ccccc1F)N1CCN(CCc2ccccc2)CC1. The number of carbonyl (C=O) groups is 1. The molecule has 2 aromatic rings. The lowest BCUT2D eigenvalue weighted by molar-refractivity contribution is 0.140. The van der Waals surface area contributed by atoms with Gasteiger partial charge in [-0.15, -0.1) is 0 Å². The highest BCUT2D eigenvalue weighted by molar-refractivity contribution is 5.74. The summed E-state index contributed by atoms with van der Waals surface area (Å²) >= 11 is 0. The Morgan fingerprint density at radius 2 is 1.64 bits per heavy atom. The average molecular weight is 341 g/mol. The van der Waals surface area contributed by atoms with E-state index >= 15 is 0 Å². The fraction of sp³-hybridized carbons (Fsp3) is 0.350. The number of benzene rings is 2. The molecule has 3 rings (SSSR count). The second-order valence-electron chi connectivity index (χ2n) is 6.31. The summed E-state index contributed by atoms with van der Waals surface area (Å²) in [5.74, 6) is -0.284. The molecule has 0 spiro atoms. The molecule has 5 heteroatoms. The molecular formula is C20H24FN3O. The third-order valence-electron chi connectivity index (χ3n) is 4.61. The summed E-state index contributed by atoms with van der Waals surface area (Å²) in [7, 11) is 0. The first-order valence-electron chi connectivity index (χ1n) is 8.75. The molecule has 0 atom stereocenters. The van der Waals surface area contributed by atoms with Gasteiger partial charge in [0.1, 0.15) is 5.82 Å². The van der Waals surface area contributed by atoms with Crippen molar-refractivity contribution in [2.75, 3.05) is 32.7 Å². The Balaban J connectivity index is 1.39. The van der Waals surface area contributed by atoms with Gasteiger partial charge in [0.05, 0.1) is 0 Å². The van der Waals surface area contributed by atoms with Crippen LogP contribution in [0.15, 0.2) is 54.6 Å². The lowest BCUT2D eigenvalue weighted by Crippen LogP contribution is -2.51. The smallest absolute Gasteiger partial charge is 0.317 e. The molecule has 1 heterocycles. The Labute approximate surface area is 148 Å². The molecule has 2 amide bonds. The maximum absolute atomic E-state index is 13.6. The number of carbonyl (C=O) groups excluding carboxylic acids is 1. The minimum atomic E-state index is -0.284. The molecule has 4 nitrogen and oxygen atoms in total. The van der Waals surface area contributed by atoms with E-state index in [4.69, 9.17) is 0 Å². The monoisotopic (exact) mass is 341 g/mol. The summed E-state index contributed by atoms with van der Waals surface area (Å²) in [5, 5.41) is 2.81. The molecule has 1 aliphatic rings. The highest BCUT2D eigenvalue weighted by Gasteiger charge is 2.20. The molecule has 132 valence electrons. The second kappa shape index (κ2) is 8.62. The molecule has 0 saturated carbocycles. The Hall–Kier alpha value is -2.40. The Morgan fingerprint density at radius 3 is 2.36 bits per heavy atom. The van der Waals surface area contributed by atoms with Crippen LogP contribution in [0.3, 0.4) is 0 Å². The van der Waals surface area contributed by atoms with Gasteiger partial charge in [0.15, 0.2) is 0 Å². The zero-order valence-corrected chi connectivity index (χ0v) is 14.3. The van der Waals surface area contributed by atoms with E-state index in [1.54, 1.807) is 23.1 Å². The Morgan fingerprint density at radius 1 is 0.960 bits per heavy atom. The van der Waals surface area contributed by atoms with E-state index in [9.17, 15) is 9.18 Å². The predicted molar refractivity (Wildman–Crippen MR) is 96.8 cm³/mol. The summed E-state index contributed by atoms with van der Waals surface area (Å²) in [4.78, 5) is 16.4. The molecule has 0 aliphatic carbocycles. The van der Waals surface area contributed by atoms with Crippen molar-refractivity contribution >= 4 is 6.03 Å². The summed E-state index contributed by atoms with van der Waals surface area (Å²) in [6.45, 7) is 4.39. The van der Waals surface area contributed by atoms with E-state index < -0.39 is 0 Å². The number of urea groups is 1. The van der Waals surface area contributed by atoms with Crippen molar-refractivity contribution in [3.8, 4) is 0 Å². The number of halogens is 1. The van der Waals surface area contributed by atoms with E-state index in [1.165, 1.54) is 11.6 Å². The van der Waals surface area contributed by atoms with E-state index in [1.807, 2.05) is 6.07 Å². The van der Waals surface area contributed by atoms with Crippen molar-refractivity contribution in [2.24, 2.45) is 0 Å². The molecule has 0 unspecified atom stereocenters. The number of amides is 2. The fourth-order valence-electron chi connectivity index (χ4n) is 3.03. The number of rotatable bonds is 5. The van der Waals surface area contributed by atoms with Gasteiger partial charge < -0.3 is 10.2 Å². The minimum Gasteiger partial charge on any atom is -0.334 e. The number of nitrogens with zero attached hydrogens (tertiary/aromatic N) is 2. The topological polar surface area (TPSA) is 35.6 Å². The number of hydrogen-bond donors (Lipinski definition) is 1. The third-order valence-corrected chi connectivity index (χ3v) is 4.61. The van der Waals surface area contributed by atoms with Crippen LogP contribution in [0.5, 0.6) is 0 Å². The molecular weight excluding hydrogens is 317 g/mol. The molecule has 0 bridgehead atoms. The maximum Gasteiger partial charge on any atom is 0.317 e. The van der Waals surface area contributed by atoms with Crippen molar-refractivity contribution in [1.82, 2.24) is 15.1 Å². The van der Waals surface area contributed by atoms with E-state index in [2.05, 4.69) is 34.5 Å². The van der Waals surface area contributed by atoms with Crippen molar-refractivity contribution in [3.63, 3.8) is 0 Å². The Bertz CT molecular complexity index is 684. The van der Waals surface area contributed by atoms with Gasteiger partial charge >= 0.3 is 6.03 Å². The van der Waals surface area contributed by atoms with E-state index in [0.717, 1.165) is 26.1 Å². The number of nitrogens with one attached hydrogen (secondary N) is 1. The van der Waals surface area contributed by atoms with Gasteiger partial charge in [0.2, 0.25) is 0 Å². The Kier molecular flexibility index (Phi) is 6.01. The molecule has 1 fully saturated rings. The molecule has 0 aromatic heterocycles. The first kappa shape index (κ1) is 17.4. The normalized spacial score (nSPS) is 15.2. The van der Waals surface area contributed by atoms with E-state index in [-0.39, 0.29) is 18.4 Å². The second-order valence-corrected chi connectivity index (χ2v) is 6.31. The maximum atomic E-state index is 13.6. The molecule has 25 heavy (non-hydrogen) atoms. The molecule has 2 aromatic carbocycles. The van der Waals surface area contributed by atoms with Gasteiger partial charge in [-0.05, 0) is 18.1 Å². The number of hydrogen-bond acceptors (Lipinski definition) is 2. The van der Waals surface area contributed by atoms with Crippen LogP contribution in [-0.4, -0.2) is 48.6 Å². The van der Waals surface area contributed by atoms with Gasteiger partial charge in [-0.3, -0.25) is 4.90 Å². The lowest BCUT2D eigenvalue weighted by atomic mass is 10.1. The molecule has 1 aliphatic heterocycles. The van der Waals surface area contributed by atoms with Crippen LogP contribution in [0, 0.1) is 5.82 Å². The number of piperazine rings is 1. The first-order valence-corrected chi connectivity index (χ1v) is 8.75. The molecule has 1 saturated heterocycles. The summed E-state index contributed by atoms with van der Waals surface area (Å²) in [6.07, 6.45) is 1.03. The van der Waals surface area contributed by atoms with Crippen molar-refractivity contribution in [3.05, 3.63) is 71.5 Å². The van der Waals surface area contributed by atoms with Gasteiger partial charge in [0, 0.05) is 44.8 Å². The van der Waals surface area contributed by atoms with Crippen LogP contribution in [-0.2, 0) is 13.0 Å². The zero-order valence-electron chi connectivity index (χ0n) is 14.3. The van der Waals surface area contributed by atoms with Gasteiger partial charge in [-0.25, -0.2) is 9.18 Å². The van der Waals surface area contributed by atoms with Gasteiger partial charge in [-0.2, -0.15) is 0 Å². The van der Waals surface area contributed by atoms with Crippen LogP contribution >= 0.6 is 0 Å². The van der Waals surface area contributed by atoms with Gasteiger partial charge in [-0.1, -0.05) is 48.5 Å². The third kappa shape index (κ3) is 5.03. The highest BCUT2D eigenvalue weighted by atomic mass is 19.1. The standard InChI is InChI=1S/C20H24FN3O/c21-19-9-5-4-8-18(19)16-22-20(25)24-14-12-23(13-15-24)11-10-17-6-2-1-3-7-17/h1-9H,10-16H2,(H,22,25).